The standard InChI is InChI=1S/C11H16F3N5/c1-3-5-19-9(16)8(7-15)10(17-19)18(2)6-4-11(12,13)14/h3-6,16H2,1-2H3. The summed E-state index contributed by atoms with van der Waals surface area (Å²) in [5, 5.41) is 13.1. The van der Waals surface area contributed by atoms with E-state index in [1.807, 2.05) is 13.0 Å². The fraction of sp³-hybridized carbons (Fsp3) is 0.636. The van der Waals surface area contributed by atoms with Crippen LogP contribution in [0.4, 0.5) is 24.8 Å². The first kappa shape index (κ1) is 15.1. The number of aromatic nitrogens is 2. The zero-order chi connectivity index (χ0) is 14.6. The highest BCUT2D eigenvalue weighted by molar-refractivity contribution is 5.64. The molecule has 1 aromatic heterocycles. The molecule has 0 fully saturated rings. The number of anilines is 2. The lowest BCUT2D eigenvalue weighted by molar-refractivity contribution is -0.132. The van der Waals surface area contributed by atoms with Crippen LogP contribution >= 0.6 is 0 Å². The molecule has 0 saturated heterocycles. The number of hydrogen-bond acceptors (Lipinski definition) is 4. The lowest BCUT2D eigenvalue weighted by Crippen LogP contribution is -2.25. The number of nitriles is 1. The van der Waals surface area contributed by atoms with Crippen molar-refractivity contribution >= 4 is 11.6 Å². The van der Waals surface area contributed by atoms with Crippen molar-refractivity contribution in [2.45, 2.75) is 32.5 Å². The van der Waals surface area contributed by atoms with Gasteiger partial charge in [0.1, 0.15) is 17.5 Å². The second-order valence-corrected chi connectivity index (χ2v) is 4.21. The first-order valence-electron chi connectivity index (χ1n) is 5.84. The minimum Gasteiger partial charge on any atom is -0.383 e. The minimum absolute atomic E-state index is 0.123. The summed E-state index contributed by atoms with van der Waals surface area (Å²) >= 11 is 0. The first-order valence-corrected chi connectivity index (χ1v) is 5.84. The largest absolute Gasteiger partial charge is 0.390 e. The summed E-state index contributed by atoms with van der Waals surface area (Å²) in [4.78, 5) is 1.30. The Balaban J connectivity index is 2.93. The lowest BCUT2D eigenvalue weighted by atomic mass is 10.3. The predicted molar refractivity (Wildman–Crippen MR) is 65.6 cm³/mol. The van der Waals surface area contributed by atoms with E-state index in [0.29, 0.717) is 6.54 Å². The zero-order valence-corrected chi connectivity index (χ0v) is 10.8. The Morgan fingerprint density at radius 3 is 2.58 bits per heavy atom. The van der Waals surface area contributed by atoms with Crippen molar-refractivity contribution in [3.63, 3.8) is 0 Å². The Bertz CT molecular complexity index is 472. The lowest BCUT2D eigenvalue weighted by Gasteiger charge is -2.17. The number of halogens is 3. The highest BCUT2D eigenvalue weighted by Gasteiger charge is 2.28. The molecule has 1 rings (SSSR count). The molecule has 1 aromatic rings. The first-order chi connectivity index (χ1) is 8.80. The van der Waals surface area contributed by atoms with Crippen LogP contribution in [0, 0.1) is 11.3 Å². The van der Waals surface area contributed by atoms with Crippen LogP contribution in [0.2, 0.25) is 0 Å². The molecule has 8 heteroatoms. The zero-order valence-electron chi connectivity index (χ0n) is 10.8. The molecule has 0 spiro atoms. The van der Waals surface area contributed by atoms with E-state index < -0.39 is 12.6 Å². The monoisotopic (exact) mass is 275 g/mol. The number of hydrogen-bond donors (Lipinski definition) is 1. The molecular formula is C11H16F3N5. The summed E-state index contributed by atoms with van der Waals surface area (Å²) in [7, 11) is 1.46. The van der Waals surface area contributed by atoms with Crippen molar-refractivity contribution in [1.29, 1.82) is 5.26 Å². The molecule has 5 nitrogen and oxygen atoms in total. The van der Waals surface area contributed by atoms with Crippen LogP contribution in [0.25, 0.3) is 0 Å². The van der Waals surface area contributed by atoms with Crippen LogP contribution in [0.5, 0.6) is 0 Å². The third-order valence-corrected chi connectivity index (χ3v) is 2.61. The van der Waals surface area contributed by atoms with E-state index in [-0.39, 0.29) is 23.7 Å². The van der Waals surface area contributed by atoms with E-state index in [1.54, 1.807) is 0 Å². The van der Waals surface area contributed by atoms with Crippen molar-refractivity contribution in [2.75, 3.05) is 24.2 Å². The highest BCUT2D eigenvalue weighted by Crippen LogP contribution is 2.26. The van der Waals surface area contributed by atoms with Crippen LogP contribution < -0.4 is 10.6 Å². The molecule has 0 aliphatic rings. The SMILES string of the molecule is CCCn1nc(N(C)CCC(F)(F)F)c(C#N)c1N. The normalized spacial score (nSPS) is 11.4. The molecule has 0 bridgehead atoms. The second kappa shape index (κ2) is 5.82. The molecule has 0 radical (unpaired) electrons. The summed E-state index contributed by atoms with van der Waals surface area (Å²) in [5.41, 5.74) is 5.87. The van der Waals surface area contributed by atoms with E-state index in [2.05, 4.69) is 5.10 Å². The van der Waals surface area contributed by atoms with Crippen LogP contribution in [0.15, 0.2) is 0 Å². The van der Waals surface area contributed by atoms with Gasteiger partial charge in [-0.25, -0.2) is 4.68 Å². The molecule has 19 heavy (non-hydrogen) atoms. The fourth-order valence-corrected chi connectivity index (χ4v) is 1.62. The molecule has 0 amide bonds. The average Bonchev–Trinajstić information content (AvgIpc) is 2.63. The smallest absolute Gasteiger partial charge is 0.383 e. The third kappa shape index (κ3) is 3.77. The summed E-state index contributed by atoms with van der Waals surface area (Å²) in [6, 6.07) is 1.89. The van der Waals surface area contributed by atoms with Gasteiger partial charge in [0.25, 0.3) is 0 Å². The van der Waals surface area contributed by atoms with Gasteiger partial charge in [-0.15, -0.1) is 0 Å². The van der Waals surface area contributed by atoms with E-state index in [1.165, 1.54) is 16.6 Å². The molecular weight excluding hydrogens is 259 g/mol. The number of nitrogens with zero attached hydrogens (tertiary/aromatic N) is 4. The minimum atomic E-state index is -4.24. The number of alkyl halides is 3. The van der Waals surface area contributed by atoms with Gasteiger partial charge in [-0.05, 0) is 6.42 Å². The molecule has 0 aliphatic heterocycles. The number of rotatable bonds is 5. The fourth-order valence-electron chi connectivity index (χ4n) is 1.62. The average molecular weight is 275 g/mol. The quantitative estimate of drug-likeness (QED) is 0.893. The molecule has 0 unspecified atom stereocenters. The summed E-state index contributed by atoms with van der Waals surface area (Å²) in [6.07, 6.45) is -4.43. The van der Waals surface area contributed by atoms with E-state index in [9.17, 15) is 13.2 Å². The molecule has 2 N–H and O–H groups in total. The van der Waals surface area contributed by atoms with Crippen LogP contribution in [-0.2, 0) is 6.54 Å². The highest BCUT2D eigenvalue weighted by atomic mass is 19.4. The van der Waals surface area contributed by atoms with Crippen LogP contribution in [-0.4, -0.2) is 29.5 Å². The molecule has 0 aliphatic carbocycles. The number of aryl methyl sites for hydroxylation is 1. The molecule has 0 aromatic carbocycles. The Labute approximate surface area is 109 Å². The van der Waals surface area contributed by atoms with Crippen LogP contribution in [0.1, 0.15) is 25.3 Å². The molecule has 0 atom stereocenters. The predicted octanol–water partition coefficient (Wildman–Crippen LogP) is 2.14. The van der Waals surface area contributed by atoms with Crippen LogP contribution in [0.3, 0.4) is 0 Å². The Hall–Kier alpha value is -1.91. The van der Waals surface area contributed by atoms with Gasteiger partial charge in [0.2, 0.25) is 0 Å². The van der Waals surface area contributed by atoms with Crippen molar-refractivity contribution in [1.82, 2.24) is 9.78 Å². The van der Waals surface area contributed by atoms with Gasteiger partial charge in [0.15, 0.2) is 5.82 Å². The maximum atomic E-state index is 12.2. The molecule has 106 valence electrons. The van der Waals surface area contributed by atoms with Crippen molar-refractivity contribution in [2.24, 2.45) is 0 Å². The third-order valence-electron chi connectivity index (χ3n) is 2.61. The number of nitrogen functional groups attached to an aromatic ring is 1. The summed E-state index contributed by atoms with van der Waals surface area (Å²) in [5.74, 6) is 0.385. The van der Waals surface area contributed by atoms with E-state index >= 15 is 0 Å². The summed E-state index contributed by atoms with van der Waals surface area (Å²) < 4.78 is 38.0. The molecule has 1 heterocycles. The van der Waals surface area contributed by atoms with Crippen molar-refractivity contribution in [3.05, 3.63) is 5.56 Å². The summed E-state index contributed by atoms with van der Waals surface area (Å²) in [6.45, 7) is 2.18. The van der Waals surface area contributed by atoms with Gasteiger partial charge < -0.3 is 10.6 Å². The van der Waals surface area contributed by atoms with Gasteiger partial charge in [0.05, 0.1) is 6.42 Å². The topological polar surface area (TPSA) is 70.9 Å². The molecule has 0 saturated carbocycles. The van der Waals surface area contributed by atoms with Gasteiger partial charge in [0, 0.05) is 20.1 Å². The van der Waals surface area contributed by atoms with Crippen molar-refractivity contribution in [3.8, 4) is 6.07 Å². The van der Waals surface area contributed by atoms with Gasteiger partial charge in [-0.3, -0.25) is 0 Å². The van der Waals surface area contributed by atoms with E-state index in [4.69, 9.17) is 11.0 Å². The van der Waals surface area contributed by atoms with Gasteiger partial charge >= 0.3 is 6.18 Å². The maximum absolute atomic E-state index is 12.2. The second-order valence-electron chi connectivity index (χ2n) is 4.21. The number of nitrogens with two attached hydrogens (primary N) is 1. The van der Waals surface area contributed by atoms with E-state index in [0.717, 1.165) is 6.42 Å². The Morgan fingerprint density at radius 1 is 1.47 bits per heavy atom. The Morgan fingerprint density at radius 2 is 2.11 bits per heavy atom. The Kier molecular flexibility index (Phi) is 4.64. The van der Waals surface area contributed by atoms with Gasteiger partial charge in [-0.1, -0.05) is 6.92 Å². The van der Waals surface area contributed by atoms with Crippen molar-refractivity contribution < 1.29 is 13.2 Å². The van der Waals surface area contributed by atoms with Gasteiger partial charge in [-0.2, -0.15) is 23.5 Å². The maximum Gasteiger partial charge on any atom is 0.390 e.